The molecule has 3 heterocycles. The first-order valence-corrected chi connectivity index (χ1v) is 12.6. The predicted octanol–water partition coefficient (Wildman–Crippen LogP) is 5.19. The summed E-state index contributed by atoms with van der Waals surface area (Å²) in [6.07, 6.45) is 5.42. The normalized spacial score (nSPS) is 14.1. The number of allylic oxidation sites excluding steroid dienone is 1. The molecule has 7 heteroatoms. The van der Waals surface area contributed by atoms with E-state index in [1.54, 1.807) is 17.0 Å². The van der Waals surface area contributed by atoms with Crippen LogP contribution in [0.1, 0.15) is 43.9 Å². The summed E-state index contributed by atoms with van der Waals surface area (Å²) in [5, 5.41) is 3.84. The Hall–Kier alpha value is -3.71. The highest BCUT2D eigenvalue weighted by Gasteiger charge is 2.21. The van der Waals surface area contributed by atoms with E-state index in [-0.39, 0.29) is 11.0 Å². The third-order valence-electron chi connectivity index (χ3n) is 7.40. The zero-order valence-electron chi connectivity index (χ0n) is 21.6. The summed E-state index contributed by atoms with van der Waals surface area (Å²) >= 11 is 0. The van der Waals surface area contributed by atoms with Crippen LogP contribution in [0.5, 0.6) is 0 Å². The molecule has 0 saturated carbocycles. The number of hydrogen-bond donors (Lipinski definition) is 1. The van der Waals surface area contributed by atoms with Crippen molar-refractivity contribution in [2.75, 3.05) is 18.9 Å². The van der Waals surface area contributed by atoms with Crippen molar-refractivity contribution in [2.45, 2.75) is 52.1 Å². The van der Waals surface area contributed by atoms with Crippen LogP contribution in [0.2, 0.25) is 0 Å². The largest absolute Gasteiger partial charge is 0.324 e. The van der Waals surface area contributed by atoms with E-state index >= 15 is 0 Å². The van der Waals surface area contributed by atoms with E-state index in [1.165, 1.54) is 16.7 Å². The van der Waals surface area contributed by atoms with Crippen molar-refractivity contribution in [3.05, 3.63) is 88.4 Å². The summed E-state index contributed by atoms with van der Waals surface area (Å²) in [4.78, 5) is 24.9. The smallest absolute Gasteiger partial charge is 0.278 e. The first-order valence-electron chi connectivity index (χ1n) is 12.6. The molecule has 0 atom stereocenters. The molecule has 0 fully saturated rings. The summed E-state index contributed by atoms with van der Waals surface area (Å²) in [7, 11) is 2.14. The highest BCUT2D eigenvalue weighted by atomic mass is 16.1. The Balaban J connectivity index is 1.60. The minimum Gasteiger partial charge on any atom is -0.324 e. The fourth-order valence-corrected chi connectivity index (χ4v) is 4.81. The molecular formula is C29H34N6O. The van der Waals surface area contributed by atoms with Crippen LogP contribution in [-0.4, -0.2) is 37.8 Å². The number of nitrogens with one attached hydrogen (secondary N) is 1. The van der Waals surface area contributed by atoms with Crippen LogP contribution in [-0.2, 0) is 24.9 Å². The molecule has 0 amide bonds. The molecule has 2 aromatic heterocycles. The summed E-state index contributed by atoms with van der Waals surface area (Å²) in [6, 6.07) is 14.8. The molecule has 0 radical (unpaired) electrons. The summed E-state index contributed by atoms with van der Waals surface area (Å²) in [6.45, 7) is 12.9. The Morgan fingerprint density at radius 2 is 2.00 bits per heavy atom. The molecule has 0 aliphatic carbocycles. The van der Waals surface area contributed by atoms with Gasteiger partial charge in [-0.1, -0.05) is 45.0 Å². The molecule has 1 aliphatic rings. The van der Waals surface area contributed by atoms with Crippen molar-refractivity contribution in [1.82, 2.24) is 24.2 Å². The topological polar surface area (TPSA) is 68.0 Å². The van der Waals surface area contributed by atoms with Gasteiger partial charge in [0.1, 0.15) is 5.39 Å². The second-order valence-electron chi connectivity index (χ2n) is 10.3. The van der Waals surface area contributed by atoms with Crippen LogP contribution < -0.4 is 10.9 Å². The molecular weight excluding hydrogens is 448 g/mol. The third kappa shape index (κ3) is 4.35. The van der Waals surface area contributed by atoms with Gasteiger partial charge in [-0.05, 0) is 66.3 Å². The van der Waals surface area contributed by atoms with Crippen LogP contribution in [0.25, 0.3) is 16.7 Å². The van der Waals surface area contributed by atoms with Crippen LogP contribution in [0.4, 0.5) is 11.6 Å². The second kappa shape index (κ2) is 9.39. The number of hydrogen-bond acceptors (Lipinski definition) is 5. The standard InChI is InChI=1S/C29H34N6O/c1-6-14-34-27(36)25-18-30-28(31-23-12-11-20-13-15-33(5)19-21(20)16-23)32-26(25)35(34)24-10-8-9-22(17-24)29(3,4)7-2/h6,8-12,16-18H,1,7,13-15,19H2,2-5H3,(H,30,31,32). The van der Waals surface area contributed by atoms with E-state index in [1.807, 2.05) is 16.8 Å². The van der Waals surface area contributed by atoms with Crippen molar-refractivity contribution < 1.29 is 0 Å². The summed E-state index contributed by atoms with van der Waals surface area (Å²) in [5.74, 6) is 0.459. The molecule has 186 valence electrons. The molecule has 0 saturated heterocycles. The van der Waals surface area contributed by atoms with Gasteiger partial charge in [0.05, 0.1) is 12.2 Å². The highest BCUT2D eigenvalue weighted by Crippen LogP contribution is 2.29. The van der Waals surface area contributed by atoms with Gasteiger partial charge in [-0.15, -0.1) is 6.58 Å². The lowest BCUT2D eigenvalue weighted by atomic mass is 9.82. The third-order valence-corrected chi connectivity index (χ3v) is 7.40. The lowest BCUT2D eigenvalue weighted by Gasteiger charge is -2.25. The Bertz CT molecular complexity index is 1500. The van der Waals surface area contributed by atoms with Crippen molar-refractivity contribution in [3.8, 4) is 5.69 Å². The zero-order valence-corrected chi connectivity index (χ0v) is 21.6. The van der Waals surface area contributed by atoms with Crippen LogP contribution in [0.3, 0.4) is 0 Å². The first kappa shape index (κ1) is 24.0. The summed E-state index contributed by atoms with van der Waals surface area (Å²) in [5.41, 5.74) is 6.22. The number of nitrogens with zero attached hydrogens (tertiary/aromatic N) is 5. The molecule has 5 rings (SSSR count). The molecule has 36 heavy (non-hydrogen) atoms. The maximum atomic E-state index is 13.3. The molecule has 7 nitrogen and oxygen atoms in total. The van der Waals surface area contributed by atoms with Crippen molar-refractivity contribution >= 4 is 22.7 Å². The molecule has 1 aliphatic heterocycles. The number of aromatic nitrogens is 4. The van der Waals surface area contributed by atoms with Gasteiger partial charge in [0.25, 0.3) is 5.56 Å². The first-order chi connectivity index (χ1) is 17.3. The number of fused-ring (bicyclic) bond motifs is 2. The fraction of sp³-hybridized carbons (Fsp3) is 0.345. The molecule has 0 unspecified atom stereocenters. The Morgan fingerprint density at radius 1 is 1.17 bits per heavy atom. The van der Waals surface area contributed by atoms with E-state index in [2.05, 4.69) is 79.9 Å². The van der Waals surface area contributed by atoms with Crippen LogP contribution >= 0.6 is 0 Å². The van der Waals surface area contributed by atoms with Gasteiger partial charge in [0.2, 0.25) is 5.95 Å². The second-order valence-corrected chi connectivity index (χ2v) is 10.3. The average Bonchev–Trinajstić information content (AvgIpc) is 3.14. The number of benzene rings is 2. The van der Waals surface area contributed by atoms with E-state index in [0.717, 1.165) is 37.3 Å². The van der Waals surface area contributed by atoms with Gasteiger partial charge in [-0.25, -0.2) is 14.3 Å². The number of anilines is 2. The minimum atomic E-state index is -0.131. The van der Waals surface area contributed by atoms with Gasteiger partial charge >= 0.3 is 0 Å². The van der Waals surface area contributed by atoms with E-state index in [4.69, 9.17) is 4.98 Å². The Labute approximate surface area is 212 Å². The number of likely N-dealkylation sites (N-methyl/N-ethyl adjacent to an activating group) is 1. The van der Waals surface area contributed by atoms with E-state index in [9.17, 15) is 4.79 Å². The lowest BCUT2D eigenvalue weighted by Crippen LogP contribution is -2.26. The molecule has 1 N–H and O–H groups in total. The van der Waals surface area contributed by atoms with Gasteiger partial charge in [-0.2, -0.15) is 4.98 Å². The molecule has 2 aromatic carbocycles. The van der Waals surface area contributed by atoms with E-state index in [0.29, 0.717) is 23.5 Å². The zero-order chi connectivity index (χ0) is 25.4. The van der Waals surface area contributed by atoms with Gasteiger partial charge in [0.15, 0.2) is 5.65 Å². The average molecular weight is 483 g/mol. The lowest BCUT2D eigenvalue weighted by molar-refractivity contribution is 0.313. The van der Waals surface area contributed by atoms with Gasteiger partial charge < -0.3 is 10.2 Å². The van der Waals surface area contributed by atoms with Crippen molar-refractivity contribution in [3.63, 3.8) is 0 Å². The van der Waals surface area contributed by atoms with E-state index < -0.39 is 0 Å². The maximum Gasteiger partial charge on any atom is 0.278 e. The monoisotopic (exact) mass is 482 g/mol. The quantitative estimate of drug-likeness (QED) is 0.367. The molecule has 0 bridgehead atoms. The Kier molecular flexibility index (Phi) is 6.26. The summed E-state index contributed by atoms with van der Waals surface area (Å²) < 4.78 is 3.56. The SMILES string of the molecule is C=CCn1c(=O)c2cnc(Nc3ccc4c(c3)CN(C)CC4)nc2n1-c1cccc(C(C)(C)CC)c1. The Morgan fingerprint density at radius 3 is 2.78 bits per heavy atom. The minimum absolute atomic E-state index is 0.0186. The fourth-order valence-electron chi connectivity index (χ4n) is 4.81. The van der Waals surface area contributed by atoms with Crippen LogP contribution in [0.15, 0.2) is 66.1 Å². The molecule has 4 aromatic rings. The van der Waals surface area contributed by atoms with Crippen molar-refractivity contribution in [2.24, 2.45) is 0 Å². The molecule has 0 spiro atoms. The number of rotatable bonds is 7. The van der Waals surface area contributed by atoms with Gasteiger partial charge in [0, 0.05) is 25.0 Å². The van der Waals surface area contributed by atoms with Gasteiger partial charge in [-0.3, -0.25) is 4.79 Å². The highest BCUT2D eigenvalue weighted by molar-refractivity contribution is 5.77. The van der Waals surface area contributed by atoms with Crippen LogP contribution in [0, 0.1) is 0 Å². The predicted molar refractivity (Wildman–Crippen MR) is 146 cm³/mol. The van der Waals surface area contributed by atoms with Crippen molar-refractivity contribution in [1.29, 1.82) is 0 Å². The maximum absolute atomic E-state index is 13.3.